The van der Waals surface area contributed by atoms with Gasteiger partial charge in [-0.3, -0.25) is 9.59 Å². The molecule has 2 aromatic carbocycles. The lowest BCUT2D eigenvalue weighted by molar-refractivity contribution is -0.148. The van der Waals surface area contributed by atoms with Crippen molar-refractivity contribution in [3.63, 3.8) is 0 Å². The van der Waals surface area contributed by atoms with Crippen LogP contribution in [0.3, 0.4) is 0 Å². The van der Waals surface area contributed by atoms with Crippen molar-refractivity contribution in [3.8, 4) is 11.1 Å². The van der Waals surface area contributed by atoms with Gasteiger partial charge in [-0.2, -0.15) is 0 Å². The third kappa shape index (κ3) is 6.56. The Morgan fingerprint density at radius 2 is 1.48 bits per heavy atom. The van der Waals surface area contributed by atoms with Gasteiger partial charge in [0.2, 0.25) is 5.91 Å². The average molecular weight is 371 g/mol. The summed E-state index contributed by atoms with van der Waals surface area (Å²) in [6.45, 7) is 0. The fraction of sp³-hybridized carbons (Fsp3) is 0.250. The van der Waals surface area contributed by atoms with Gasteiger partial charge in [0.25, 0.3) is 0 Å². The zero-order valence-corrected chi connectivity index (χ0v) is 14.5. The first kappa shape index (κ1) is 20.1. The molecular formula is C20H21NO6. The van der Waals surface area contributed by atoms with Gasteiger partial charge in [0, 0.05) is 12.5 Å². The molecule has 1 amide bonds. The second kappa shape index (κ2) is 9.49. The quantitative estimate of drug-likeness (QED) is 0.497. The molecule has 0 radical (unpaired) electrons. The van der Waals surface area contributed by atoms with E-state index in [1.165, 1.54) is 0 Å². The van der Waals surface area contributed by atoms with Gasteiger partial charge in [0.05, 0.1) is 0 Å². The van der Waals surface area contributed by atoms with E-state index in [0.29, 0.717) is 0 Å². The normalized spacial score (nSPS) is 12.8. The van der Waals surface area contributed by atoms with Crippen molar-refractivity contribution in [2.75, 3.05) is 0 Å². The lowest BCUT2D eigenvalue weighted by Gasteiger charge is -2.20. The Kier molecular flexibility index (Phi) is 7.08. The Bertz CT molecular complexity index is 788. The Hall–Kier alpha value is -3.19. The average Bonchev–Trinajstić information content (AvgIpc) is 2.62. The molecule has 0 spiro atoms. The van der Waals surface area contributed by atoms with E-state index in [0.717, 1.165) is 16.7 Å². The molecule has 7 nitrogen and oxygen atoms in total. The van der Waals surface area contributed by atoms with Gasteiger partial charge in [-0.05, 0) is 23.1 Å². The Morgan fingerprint density at radius 3 is 2.04 bits per heavy atom. The Morgan fingerprint density at radius 1 is 0.889 bits per heavy atom. The van der Waals surface area contributed by atoms with E-state index in [-0.39, 0.29) is 12.8 Å². The van der Waals surface area contributed by atoms with E-state index in [1.54, 1.807) is 0 Å². The number of amides is 1. The first-order chi connectivity index (χ1) is 12.8. The lowest BCUT2D eigenvalue weighted by atomic mass is 9.97. The second-order valence-electron chi connectivity index (χ2n) is 6.19. The minimum absolute atomic E-state index is 0.221. The zero-order valence-electron chi connectivity index (χ0n) is 14.5. The van der Waals surface area contributed by atoms with E-state index < -0.39 is 36.4 Å². The second-order valence-corrected chi connectivity index (χ2v) is 6.19. The van der Waals surface area contributed by atoms with E-state index in [9.17, 15) is 19.5 Å². The highest BCUT2D eigenvalue weighted by Crippen LogP contribution is 2.20. The standard InChI is InChI=1S/C20H21NO6/c22-17(20(26)27)11-16(21-18(23)12-19(24)25)10-13-6-8-15(9-7-13)14-4-2-1-3-5-14/h1-9,16-17,22H,10-12H2,(H,21,23)(H,24,25)(H,26,27)/t16-,17?/m1/s1. The van der Waals surface area contributed by atoms with Crippen LogP contribution in [0.2, 0.25) is 0 Å². The number of aliphatic hydroxyl groups is 1. The van der Waals surface area contributed by atoms with Crippen LogP contribution in [0.25, 0.3) is 11.1 Å². The smallest absolute Gasteiger partial charge is 0.332 e. The molecule has 27 heavy (non-hydrogen) atoms. The van der Waals surface area contributed by atoms with Crippen molar-refractivity contribution in [1.29, 1.82) is 0 Å². The zero-order chi connectivity index (χ0) is 19.8. The van der Waals surface area contributed by atoms with Crippen LogP contribution in [0, 0.1) is 0 Å². The summed E-state index contributed by atoms with van der Waals surface area (Å²) in [6.07, 6.45) is -2.32. The lowest BCUT2D eigenvalue weighted by Crippen LogP contribution is -2.41. The van der Waals surface area contributed by atoms with E-state index >= 15 is 0 Å². The van der Waals surface area contributed by atoms with Crippen molar-refractivity contribution in [2.24, 2.45) is 0 Å². The number of carbonyl (C=O) groups is 3. The molecule has 0 fully saturated rings. The van der Waals surface area contributed by atoms with Crippen LogP contribution >= 0.6 is 0 Å². The van der Waals surface area contributed by atoms with Gasteiger partial charge in [0.15, 0.2) is 6.10 Å². The minimum atomic E-state index is -1.65. The monoisotopic (exact) mass is 371 g/mol. The number of hydrogen-bond acceptors (Lipinski definition) is 4. The molecule has 2 atom stereocenters. The molecule has 0 saturated carbocycles. The number of carboxylic acid groups (broad SMARTS) is 2. The van der Waals surface area contributed by atoms with E-state index in [2.05, 4.69) is 5.32 Å². The van der Waals surface area contributed by atoms with Crippen LogP contribution in [0.1, 0.15) is 18.4 Å². The molecule has 0 aliphatic carbocycles. The van der Waals surface area contributed by atoms with Crippen molar-refractivity contribution in [2.45, 2.75) is 31.4 Å². The van der Waals surface area contributed by atoms with E-state index in [1.807, 2.05) is 54.6 Å². The van der Waals surface area contributed by atoms with E-state index in [4.69, 9.17) is 10.2 Å². The summed E-state index contributed by atoms with van der Waals surface area (Å²) in [5.74, 6) is -3.41. The summed E-state index contributed by atoms with van der Waals surface area (Å²) in [6, 6.07) is 16.6. The van der Waals surface area contributed by atoms with Crippen molar-refractivity contribution in [3.05, 3.63) is 60.2 Å². The maximum Gasteiger partial charge on any atom is 0.332 e. The number of hydrogen-bond donors (Lipinski definition) is 4. The topological polar surface area (TPSA) is 124 Å². The maximum absolute atomic E-state index is 11.7. The highest BCUT2D eigenvalue weighted by Gasteiger charge is 2.22. The summed E-state index contributed by atoms with van der Waals surface area (Å²) >= 11 is 0. The Balaban J connectivity index is 2.09. The predicted octanol–water partition coefficient (Wildman–Crippen LogP) is 1.69. The molecule has 0 aliphatic rings. The van der Waals surface area contributed by atoms with Gasteiger partial charge in [0.1, 0.15) is 6.42 Å². The third-order valence-corrected chi connectivity index (χ3v) is 4.01. The highest BCUT2D eigenvalue weighted by atomic mass is 16.4. The molecule has 2 aromatic rings. The van der Waals surface area contributed by atoms with Gasteiger partial charge in [-0.25, -0.2) is 4.79 Å². The van der Waals surface area contributed by atoms with Crippen LogP contribution in [-0.2, 0) is 20.8 Å². The third-order valence-electron chi connectivity index (χ3n) is 4.01. The van der Waals surface area contributed by atoms with Crippen molar-refractivity contribution in [1.82, 2.24) is 5.32 Å². The summed E-state index contributed by atoms with van der Waals surface area (Å²) in [5, 5.41) is 29.7. The SMILES string of the molecule is O=C(O)CC(=O)N[C@H](Cc1ccc(-c2ccccc2)cc1)CC(O)C(=O)O. The molecule has 0 bridgehead atoms. The highest BCUT2D eigenvalue weighted by molar-refractivity contribution is 5.93. The first-order valence-electron chi connectivity index (χ1n) is 8.41. The number of aliphatic hydroxyl groups excluding tert-OH is 1. The number of benzene rings is 2. The van der Waals surface area contributed by atoms with Gasteiger partial charge < -0.3 is 20.6 Å². The summed E-state index contributed by atoms with van der Waals surface area (Å²) < 4.78 is 0. The fourth-order valence-corrected chi connectivity index (χ4v) is 2.73. The maximum atomic E-state index is 11.7. The minimum Gasteiger partial charge on any atom is -0.481 e. The number of rotatable bonds is 9. The fourth-order valence-electron chi connectivity index (χ4n) is 2.73. The number of aliphatic carboxylic acids is 2. The van der Waals surface area contributed by atoms with Crippen LogP contribution in [-0.4, -0.2) is 45.3 Å². The van der Waals surface area contributed by atoms with Crippen LogP contribution < -0.4 is 5.32 Å². The molecule has 7 heteroatoms. The molecule has 142 valence electrons. The number of carbonyl (C=O) groups excluding carboxylic acids is 1. The molecule has 4 N–H and O–H groups in total. The van der Waals surface area contributed by atoms with Crippen LogP contribution in [0.15, 0.2) is 54.6 Å². The summed E-state index contributed by atoms with van der Waals surface area (Å²) in [4.78, 5) is 33.3. The van der Waals surface area contributed by atoms with Gasteiger partial charge in [-0.15, -0.1) is 0 Å². The van der Waals surface area contributed by atoms with Gasteiger partial charge >= 0.3 is 11.9 Å². The number of nitrogens with one attached hydrogen (secondary N) is 1. The van der Waals surface area contributed by atoms with Crippen LogP contribution in [0.4, 0.5) is 0 Å². The molecule has 0 heterocycles. The molecule has 0 aliphatic heterocycles. The van der Waals surface area contributed by atoms with Crippen LogP contribution in [0.5, 0.6) is 0 Å². The summed E-state index contributed by atoms with van der Waals surface area (Å²) in [7, 11) is 0. The van der Waals surface area contributed by atoms with Crippen molar-refractivity contribution < 1.29 is 29.7 Å². The molecule has 1 unspecified atom stereocenters. The molecule has 2 rings (SSSR count). The largest absolute Gasteiger partial charge is 0.481 e. The molecule has 0 saturated heterocycles. The number of carboxylic acids is 2. The Labute approximate surface area is 156 Å². The van der Waals surface area contributed by atoms with Crippen molar-refractivity contribution >= 4 is 17.8 Å². The van der Waals surface area contributed by atoms with Gasteiger partial charge in [-0.1, -0.05) is 54.6 Å². The summed E-state index contributed by atoms with van der Waals surface area (Å²) in [5.41, 5.74) is 2.89. The predicted molar refractivity (Wildman–Crippen MR) is 98.0 cm³/mol. The molecular weight excluding hydrogens is 350 g/mol. The molecule has 0 aromatic heterocycles. The first-order valence-corrected chi connectivity index (χ1v) is 8.41.